The first-order valence-corrected chi connectivity index (χ1v) is 31.2. The van der Waals surface area contributed by atoms with Gasteiger partial charge in [0.05, 0.1) is 11.1 Å². The molecule has 0 radical (unpaired) electrons. The number of benzene rings is 12. The quantitative estimate of drug-likeness (QED) is 0.164. The maximum atomic E-state index is 7.69. The summed E-state index contributed by atoms with van der Waals surface area (Å²) in [6, 6.07) is 91.4. The summed E-state index contributed by atoms with van der Waals surface area (Å²) in [6.45, 7) is 16.0. The van der Waals surface area contributed by atoms with Gasteiger partial charge in [-0.05, 0) is 126 Å². The molecule has 0 aromatic heterocycles. The Morgan fingerprint density at radius 3 is 1.37 bits per heavy atom. The minimum Gasteiger partial charge on any atom is -0.458 e. The minimum atomic E-state index is -0.664. The van der Waals surface area contributed by atoms with Crippen LogP contribution in [0.5, 0.6) is 46.0 Å². The molecule has 12 aromatic carbocycles. The van der Waals surface area contributed by atoms with Crippen LogP contribution in [0.15, 0.2) is 249 Å². The number of para-hydroxylation sites is 3. The normalized spacial score (nSPS) is 15.5. The molecular formula is C83H62BNO4. The number of hydrogen-bond acceptors (Lipinski definition) is 5. The van der Waals surface area contributed by atoms with Crippen LogP contribution < -0.4 is 40.2 Å². The lowest BCUT2D eigenvalue weighted by molar-refractivity contribution is 0.412. The van der Waals surface area contributed by atoms with E-state index in [2.05, 4.69) is 302 Å². The summed E-state index contributed by atoms with van der Waals surface area (Å²) in [5.74, 6) is 6.64. The molecule has 5 nitrogen and oxygen atoms in total. The van der Waals surface area contributed by atoms with Gasteiger partial charge in [-0.2, -0.15) is 0 Å². The zero-order valence-electron chi connectivity index (χ0n) is 50.8. The lowest BCUT2D eigenvalue weighted by Crippen LogP contribution is -2.60. The molecule has 426 valence electrons. The fraction of sp³-hybridized carbons (Fsp3) is 0.133. The molecule has 89 heavy (non-hydrogen) atoms. The number of hydrogen-bond donors (Lipinski definition) is 0. The Hall–Kier alpha value is -10.3. The van der Waals surface area contributed by atoms with Crippen molar-refractivity contribution in [2.24, 2.45) is 0 Å². The molecule has 6 heteroatoms. The molecule has 18 rings (SSSR count). The summed E-state index contributed by atoms with van der Waals surface area (Å²) >= 11 is 0. The summed E-state index contributed by atoms with van der Waals surface area (Å²) in [5, 5.41) is 0. The van der Waals surface area contributed by atoms with E-state index in [4.69, 9.17) is 18.9 Å². The van der Waals surface area contributed by atoms with E-state index in [-0.39, 0.29) is 17.5 Å². The number of anilines is 3. The molecule has 0 N–H and O–H groups in total. The van der Waals surface area contributed by atoms with Crippen molar-refractivity contribution in [3.63, 3.8) is 0 Å². The average molecular weight is 1150 g/mol. The van der Waals surface area contributed by atoms with Crippen molar-refractivity contribution in [2.45, 2.75) is 70.1 Å². The maximum absolute atomic E-state index is 7.69. The van der Waals surface area contributed by atoms with Crippen LogP contribution in [0.3, 0.4) is 0 Å². The summed E-state index contributed by atoms with van der Waals surface area (Å²) < 4.78 is 28.9. The van der Waals surface area contributed by atoms with Gasteiger partial charge in [0.2, 0.25) is 0 Å². The Balaban J connectivity index is 0.964. The van der Waals surface area contributed by atoms with Crippen LogP contribution in [-0.4, -0.2) is 6.71 Å². The molecule has 0 atom stereocenters. The van der Waals surface area contributed by atoms with Crippen molar-refractivity contribution in [3.8, 4) is 90.5 Å². The summed E-state index contributed by atoms with van der Waals surface area (Å²) in [5.41, 5.74) is 24.4. The van der Waals surface area contributed by atoms with Gasteiger partial charge < -0.3 is 23.8 Å². The van der Waals surface area contributed by atoms with Crippen LogP contribution in [0.2, 0.25) is 0 Å². The molecule has 0 saturated heterocycles. The van der Waals surface area contributed by atoms with E-state index in [0.29, 0.717) is 0 Å². The molecule has 1 spiro atoms. The van der Waals surface area contributed by atoms with Gasteiger partial charge in [0.15, 0.2) is 0 Å². The molecule has 1 aliphatic carbocycles. The number of ether oxygens (including phenoxy) is 4. The van der Waals surface area contributed by atoms with Gasteiger partial charge in [0, 0.05) is 78.8 Å². The van der Waals surface area contributed by atoms with Crippen LogP contribution in [-0.2, 0) is 21.7 Å². The van der Waals surface area contributed by atoms with E-state index in [0.717, 1.165) is 141 Å². The van der Waals surface area contributed by atoms with E-state index >= 15 is 0 Å². The van der Waals surface area contributed by atoms with Crippen LogP contribution in [0, 0.1) is 0 Å². The lowest BCUT2D eigenvalue weighted by atomic mass is 9.33. The highest BCUT2D eigenvalue weighted by Crippen LogP contribution is 2.63. The second-order valence-electron chi connectivity index (χ2n) is 27.1. The van der Waals surface area contributed by atoms with Crippen molar-refractivity contribution in [1.29, 1.82) is 0 Å². The topological polar surface area (TPSA) is 40.2 Å². The van der Waals surface area contributed by atoms with Gasteiger partial charge in [-0.15, -0.1) is 0 Å². The highest BCUT2D eigenvalue weighted by molar-refractivity contribution is 6.99. The summed E-state index contributed by atoms with van der Waals surface area (Å²) in [7, 11) is 0. The summed E-state index contributed by atoms with van der Waals surface area (Å²) in [6.07, 6.45) is 0. The zero-order valence-corrected chi connectivity index (χ0v) is 50.8. The van der Waals surface area contributed by atoms with Crippen molar-refractivity contribution in [3.05, 3.63) is 299 Å². The van der Waals surface area contributed by atoms with Crippen molar-refractivity contribution < 1.29 is 18.9 Å². The van der Waals surface area contributed by atoms with E-state index in [1.165, 1.54) is 33.3 Å². The molecule has 6 aliphatic rings. The van der Waals surface area contributed by atoms with Crippen molar-refractivity contribution in [1.82, 2.24) is 0 Å². The maximum Gasteiger partial charge on any atom is 0.256 e. The molecule has 0 bridgehead atoms. The minimum absolute atomic E-state index is 0.190. The molecule has 0 fully saturated rings. The van der Waals surface area contributed by atoms with Gasteiger partial charge >= 0.3 is 0 Å². The number of fused-ring (bicyclic) bond motifs is 17. The Morgan fingerprint density at radius 2 is 0.787 bits per heavy atom. The first-order chi connectivity index (χ1) is 43.2. The third-order valence-electron chi connectivity index (χ3n) is 20.4. The fourth-order valence-corrected chi connectivity index (χ4v) is 16.0. The second-order valence-corrected chi connectivity index (χ2v) is 27.1. The Morgan fingerprint density at radius 1 is 0.315 bits per heavy atom. The largest absolute Gasteiger partial charge is 0.458 e. The monoisotopic (exact) mass is 1150 g/mol. The van der Waals surface area contributed by atoms with Crippen LogP contribution in [0.25, 0.3) is 44.5 Å². The standard InChI is InChI=1S/C83H62BNO4/c1-80(2,3)53-43-56(49-24-10-8-11-25-49)79(57(44-53)50-26-12-9-13-27-50)85-68-47-74-63(81(4,5)60-32-18-21-35-70(60)87-74)45-66(68)84-67-46-64-75(88-71-36-22-19-33-61(71)82(64,6)7)48-76(67)89-77-42-52(41-69(85)78(77)84)51-38-39-73-65(40-51)83(62-34-20-23-37-72(62)86-73)58-30-16-14-28-54(58)55-29-15-17-31-59(55)83/h8-48H,1-7H3. The SMILES string of the molecule is CC(C)(C)c1cc(-c2ccccc2)c(N2c3cc4c(cc3B3c5cc6c(cc5Oc5cc(-c7ccc8c(c7)C7(c9ccccc9O8)c8ccccc8-c8ccccc87)cc2c53)Oc2ccccc2C6(C)C)C(C)(C)c2ccccc2O4)c(-c2ccccc2)c1. The Bertz CT molecular complexity index is 4930. The van der Waals surface area contributed by atoms with Crippen LogP contribution in [0.1, 0.15) is 98.5 Å². The highest BCUT2D eigenvalue weighted by Gasteiger charge is 2.52. The van der Waals surface area contributed by atoms with Crippen molar-refractivity contribution in [2.75, 3.05) is 4.90 Å². The van der Waals surface area contributed by atoms with E-state index in [1.807, 2.05) is 0 Å². The third-order valence-corrected chi connectivity index (χ3v) is 20.4. The Labute approximate surface area is 520 Å². The first kappa shape index (κ1) is 51.9. The van der Waals surface area contributed by atoms with Gasteiger partial charge in [0.1, 0.15) is 46.0 Å². The lowest BCUT2D eigenvalue weighted by Gasteiger charge is -2.44. The smallest absolute Gasteiger partial charge is 0.256 e. The third kappa shape index (κ3) is 7.26. The zero-order chi connectivity index (χ0) is 59.9. The summed E-state index contributed by atoms with van der Waals surface area (Å²) in [4.78, 5) is 2.58. The molecule has 5 heterocycles. The van der Waals surface area contributed by atoms with Gasteiger partial charge in [0.25, 0.3) is 6.71 Å². The Kier molecular flexibility index (Phi) is 10.7. The number of nitrogens with zero attached hydrogens (tertiary/aromatic N) is 1. The van der Waals surface area contributed by atoms with E-state index < -0.39 is 10.8 Å². The predicted octanol–water partition coefficient (Wildman–Crippen LogP) is 19.7. The van der Waals surface area contributed by atoms with Crippen molar-refractivity contribution >= 4 is 40.2 Å². The molecule has 0 unspecified atom stereocenters. The van der Waals surface area contributed by atoms with Gasteiger partial charge in [-0.3, -0.25) is 0 Å². The molecule has 0 amide bonds. The van der Waals surface area contributed by atoms with E-state index in [9.17, 15) is 0 Å². The molecule has 12 aromatic rings. The molecule has 0 saturated carbocycles. The fourth-order valence-electron chi connectivity index (χ4n) is 16.0. The van der Waals surface area contributed by atoms with Crippen LogP contribution >= 0.6 is 0 Å². The predicted molar refractivity (Wildman–Crippen MR) is 362 cm³/mol. The molecular weight excluding hydrogens is 1090 g/mol. The number of rotatable bonds is 4. The first-order valence-electron chi connectivity index (χ1n) is 31.2. The highest BCUT2D eigenvalue weighted by atomic mass is 16.5. The van der Waals surface area contributed by atoms with Gasteiger partial charge in [-0.25, -0.2) is 0 Å². The van der Waals surface area contributed by atoms with E-state index in [1.54, 1.807) is 0 Å². The average Bonchev–Trinajstić information content (AvgIpc) is 1.71. The second kappa shape index (κ2) is 18.4. The molecule has 5 aliphatic heterocycles. The van der Waals surface area contributed by atoms with Gasteiger partial charge in [-0.1, -0.05) is 230 Å². The van der Waals surface area contributed by atoms with Crippen LogP contribution in [0.4, 0.5) is 17.1 Å².